The van der Waals surface area contributed by atoms with Crippen molar-refractivity contribution in [1.82, 2.24) is 0 Å². The maximum Gasteiger partial charge on any atom is 0.115 e. The number of hydrogen-bond acceptors (Lipinski definition) is 1. The van der Waals surface area contributed by atoms with E-state index in [0.717, 1.165) is 25.7 Å². The van der Waals surface area contributed by atoms with Crippen LogP contribution in [0.15, 0.2) is 84.9 Å². The number of benzene rings is 3. The molecule has 3 aromatic carbocycles. The average molecular weight is 405 g/mol. The lowest BCUT2D eigenvalue weighted by molar-refractivity contribution is 0.141. The Hall–Kier alpha value is -2.61. The van der Waals surface area contributed by atoms with Crippen molar-refractivity contribution in [1.29, 1.82) is 0 Å². The Kier molecular flexibility index (Phi) is 8.50. The van der Waals surface area contributed by atoms with Crippen LogP contribution in [0.4, 0.5) is 4.39 Å². The van der Waals surface area contributed by atoms with E-state index < -0.39 is 6.17 Å². The van der Waals surface area contributed by atoms with Crippen LogP contribution >= 0.6 is 0 Å². The highest BCUT2D eigenvalue weighted by Crippen LogP contribution is 2.42. The number of alkyl halides is 1. The van der Waals surface area contributed by atoms with Crippen LogP contribution in [-0.2, 0) is 0 Å². The molecule has 4 rings (SSSR count). The van der Waals surface area contributed by atoms with Gasteiger partial charge in [0.25, 0.3) is 0 Å². The minimum Gasteiger partial charge on any atom is -0.508 e. The van der Waals surface area contributed by atoms with Gasteiger partial charge >= 0.3 is 0 Å². The van der Waals surface area contributed by atoms with E-state index in [1.54, 1.807) is 24.3 Å². The molecule has 1 aliphatic carbocycles. The van der Waals surface area contributed by atoms with Crippen molar-refractivity contribution in [3.8, 4) is 16.9 Å². The van der Waals surface area contributed by atoms with Crippen molar-refractivity contribution < 1.29 is 9.50 Å². The van der Waals surface area contributed by atoms with E-state index in [-0.39, 0.29) is 5.92 Å². The fraction of sp³-hybridized carbons (Fsp3) is 0.357. The van der Waals surface area contributed by atoms with Gasteiger partial charge < -0.3 is 5.11 Å². The van der Waals surface area contributed by atoms with E-state index in [9.17, 15) is 4.39 Å². The van der Waals surface area contributed by atoms with Crippen molar-refractivity contribution >= 4 is 0 Å². The first kappa shape index (κ1) is 22.1. The second kappa shape index (κ2) is 11.5. The molecule has 1 N–H and O–H groups in total. The third-order valence-corrected chi connectivity index (χ3v) is 6.08. The zero-order chi connectivity index (χ0) is 21.2. The summed E-state index contributed by atoms with van der Waals surface area (Å²) in [5.74, 6) is 0.969. The summed E-state index contributed by atoms with van der Waals surface area (Å²) in [7, 11) is 0. The molecular formula is C28H33FO. The lowest BCUT2D eigenvalue weighted by Gasteiger charge is -2.33. The average Bonchev–Trinajstić information content (AvgIpc) is 2.80. The molecule has 0 aliphatic heterocycles. The van der Waals surface area contributed by atoms with Crippen LogP contribution in [0.3, 0.4) is 0 Å². The van der Waals surface area contributed by atoms with Gasteiger partial charge in [-0.05, 0) is 66.3 Å². The van der Waals surface area contributed by atoms with Gasteiger partial charge in [-0.3, -0.25) is 0 Å². The van der Waals surface area contributed by atoms with Gasteiger partial charge in [-0.1, -0.05) is 92.6 Å². The fourth-order valence-corrected chi connectivity index (χ4v) is 4.41. The highest BCUT2D eigenvalue weighted by molar-refractivity contribution is 5.68. The van der Waals surface area contributed by atoms with Crippen LogP contribution in [0.25, 0.3) is 11.1 Å². The van der Waals surface area contributed by atoms with E-state index in [0.29, 0.717) is 18.1 Å². The molecule has 3 unspecified atom stereocenters. The molecule has 0 aromatic heterocycles. The van der Waals surface area contributed by atoms with Gasteiger partial charge in [0.1, 0.15) is 11.9 Å². The van der Waals surface area contributed by atoms with E-state index in [4.69, 9.17) is 5.11 Å². The normalized spacial score (nSPS) is 20.8. The molecule has 3 atom stereocenters. The lowest BCUT2D eigenvalue weighted by atomic mass is 9.74. The number of rotatable bonds is 5. The van der Waals surface area contributed by atoms with Crippen molar-refractivity contribution in [3.63, 3.8) is 0 Å². The molecule has 3 aromatic rings. The Morgan fingerprint density at radius 3 is 2.07 bits per heavy atom. The molecule has 1 nitrogen and oxygen atoms in total. The molecule has 0 saturated heterocycles. The van der Waals surface area contributed by atoms with Crippen LogP contribution in [-0.4, -0.2) is 11.3 Å². The predicted octanol–water partition coefficient (Wildman–Crippen LogP) is 8.16. The van der Waals surface area contributed by atoms with E-state index >= 15 is 0 Å². The molecule has 0 radical (unpaired) electrons. The maximum absolute atomic E-state index is 14.6. The van der Waals surface area contributed by atoms with Crippen molar-refractivity contribution in [2.24, 2.45) is 5.92 Å². The van der Waals surface area contributed by atoms with Crippen LogP contribution in [0, 0.1) is 5.92 Å². The molecular weight excluding hydrogens is 371 g/mol. The standard InChI is InChI=1S/C22H27F.C6H6O/c1-2-3-9-18-14-15-19(16-22(18)23)21-13-8-7-12-20(21)17-10-5-4-6-11-17;7-6-4-2-1-3-5-6/h4-8,10-13,18-19,22H,2-3,9,14-16H2,1H3;1-5,7H. The summed E-state index contributed by atoms with van der Waals surface area (Å²) in [6.07, 6.45) is 5.61. The monoisotopic (exact) mass is 404 g/mol. The van der Waals surface area contributed by atoms with Gasteiger partial charge in [0.05, 0.1) is 0 Å². The first-order valence-corrected chi connectivity index (χ1v) is 11.2. The maximum atomic E-state index is 14.6. The molecule has 30 heavy (non-hydrogen) atoms. The molecule has 1 aliphatic rings. The lowest BCUT2D eigenvalue weighted by Crippen LogP contribution is -2.25. The van der Waals surface area contributed by atoms with Crippen LogP contribution < -0.4 is 0 Å². The molecule has 2 heteroatoms. The number of para-hydroxylation sites is 1. The third kappa shape index (κ3) is 6.19. The van der Waals surface area contributed by atoms with Gasteiger partial charge in [0, 0.05) is 0 Å². The summed E-state index contributed by atoms with van der Waals surface area (Å²) < 4.78 is 14.6. The Labute approximate surface area is 180 Å². The first-order valence-electron chi connectivity index (χ1n) is 11.2. The van der Waals surface area contributed by atoms with Gasteiger partial charge in [-0.15, -0.1) is 0 Å². The minimum atomic E-state index is -0.635. The summed E-state index contributed by atoms with van der Waals surface area (Å²) in [6, 6.07) is 27.8. The molecule has 0 amide bonds. The predicted molar refractivity (Wildman–Crippen MR) is 124 cm³/mol. The Morgan fingerprint density at radius 2 is 1.47 bits per heavy atom. The SMILES string of the molecule is CCCCC1CCC(c2ccccc2-c2ccccc2)CC1F.Oc1ccccc1. The Bertz CT molecular complexity index is 862. The summed E-state index contributed by atoms with van der Waals surface area (Å²) >= 11 is 0. The van der Waals surface area contributed by atoms with Gasteiger partial charge in [0.15, 0.2) is 0 Å². The van der Waals surface area contributed by atoms with E-state index in [1.165, 1.54) is 23.1 Å². The van der Waals surface area contributed by atoms with Gasteiger partial charge in [0.2, 0.25) is 0 Å². The zero-order valence-corrected chi connectivity index (χ0v) is 17.9. The Morgan fingerprint density at radius 1 is 0.833 bits per heavy atom. The van der Waals surface area contributed by atoms with Crippen LogP contribution in [0.1, 0.15) is 56.9 Å². The minimum absolute atomic E-state index is 0.287. The summed E-state index contributed by atoms with van der Waals surface area (Å²) in [6.45, 7) is 2.19. The Balaban J connectivity index is 0.000000310. The molecule has 1 saturated carbocycles. The van der Waals surface area contributed by atoms with Crippen molar-refractivity contribution in [2.45, 2.75) is 57.5 Å². The van der Waals surface area contributed by atoms with Crippen LogP contribution in [0.2, 0.25) is 0 Å². The molecule has 0 spiro atoms. The third-order valence-electron chi connectivity index (χ3n) is 6.08. The molecule has 0 bridgehead atoms. The van der Waals surface area contributed by atoms with Gasteiger partial charge in [-0.2, -0.15) is 0 Å². The van der Waals surface area contributed by atoms with Crippen molar-refractivity contribution in [2.75, 3.05) is 0 Å². The first-order chi connectivity index (χ1) is 14.7. The highest BCUT2D eigenvalue weighted by atomic mass is 19.1. The number of aromatic hydroxyl groups is 1. The topological polar surface area (TPSA) is 20.2 Å². The number of unbranched alkanes of at least 4 members (excludes halogenated alkanes) is 1. The number of phenolic OH excluding ortho intramolecular Hbond substituents is 1. The van der Waals surface area contributed by atoms with E-state index in [1.807, 2.05) is 12.1 Å². The van der Waals surface area contributed by atoms with Crippen LogP contribution in [0.5, 0.6) is 5.75 Å². The number of phenols is 1. The van der Waals surface area contributed by atoms with Crippen molar-refractivity contribution in [3.05, 3.63) is 90.5 Å². The molecule has 158 valence electrons. The van der Waals surface area contributed by atoms with E-state index in [2.05, 4.69) is 55.5 Å². The molecule has 0 heterocycles. The fourth-order valence-electron chi connectivity index (χ4n) is 4.41. The number of hydrogen-bond donors (Lipinski definition) is 1. The second-order valence-corrected chi connectivity index (χ2v) is 8.22. The number of halogens is 1. The largest absolute Gasteiger partial charge is 0.508 e. The molecule has 1 fully saturated rings. The summed E-state index contributed by atoms with van der Waals surface area (Å²) in [5.41, 5.74) is 3.85. The summed E-state index contributed by atoms with van der Waals surface area (Å²) in [5, 5.41) is 8.63. The second-order valence-electron chi connectivity index (χ2n) is 8.22. The smallest absolute Gasteiger partial charge is 0.115 e. The quantitative estimate of drug-likeness (QED) is 0.455. The van der Waals surface area contributed by atoms with Gasteiger partial charge in [-0.25, -0.2) is 4.39 Å². The highest BCUT2D eigenvalue weighted by Gasteiger charge is 2.31. The zero-order valence-electron chi connectivity index (χ0n) is 17.9. The summed E-state index contributed by atoms with van der Waals surface area (Å²) in [4.78, 5) is 0.